The molecule has 3 heteroatoms. The third-order valence-electron chi connectivity index (χ3n) is 3.03. The smallest absolute Gasteiger partial charge is 0.0715 e. The molecular weight excluding hydrogens is 218 g/mol. The molecule has 0 bridgehead atoms. The number of likely N-dealkylation sites (N-methyl/N-ethyl adjacent to an activating group) is 1. The average Bonchev–Trinajstić information content (AvgIpc) is 2.59. The number of thioether (sulfide) groups is 1. The van der Waals surface area contributed by atoms with E-state index in [0.29, 0.717) is 5.92 Å². The van der Waals surface area contributed by atoms with Gasteiger partial charge in [0, 0.05) is 30.5 Å². The predicted octanol–water partition coefficient (Wildman–Crippen LogP) is 1.84. The third kappa shape index (κ3) is 3.24. The molecule has 2 rings (SSSR count). The molecule has 88 valence electrons. The normalized spacial score (nSPS) is 26.1. The summed E-state index contributed by atoms with van der Waals surface area (Å²) in [6.45, 7) is 1.86. The molecule has 1 N–H and O–H groups in total. The third-order valence-corrected chi connectivity index (χ3v) is 4.23. The van der Waals surface area contributed by atoms with E-state index in [9.17, 15) is 5.11 Å². The van der Waals surface area contributed by atoms with Crippen molar-refractivity contribution in [3.8, 4) is 0 Å². The van der Waals surface area contributed by atoms with Crippen LogP contribution in [0.25, 0.3) is 0 Å². The molecule has 1 aliphatic rings. The second-order valence-corrected chi connectivity index (χ2v) is 5.58. The molecule has 1 saturated heterocycles. The quantitative estimate of drug-likeness (QED) is 0.864. The number of aliphatic hydroxyl groups excluding tert-OH is 1. The highest BCUT2D eigenvalue weighted by Gasteiger charge is 2.28. The van der Waals surface area contributed by atoms with Crippen LogP contribution in [0.4, 0.5) is 0 Å². The summed E-state index contributed by atoms with van der Waals surface area (Å²) in [7, 11) is 2.07. The minimum absolute atomic E-state index is 0.131. The van der Waals surface area contributed by atoms with Gasteiger partial charge in [0.2, 0.25) is 0 Å². The molecule has 1 fully saturated rings. The van der Waals surface area contributed by atoms with E-state index in [1.165, 1.54) is 5.56 Å². The molecule has 0 spiro atoms. The Morgan fingerprint density at radius 1 is 1.31 bits per heavy atom. The van der Waals surface area contributed by atoms with Crippen molar-refractivity contribution in [3.05, 3.63) is 35.9 Å². The molecule has 16 heavy (non-hydrogen) atoms. The lowest BCUT2D eigenvalue weighted by atomic mass is 10.1. The standard InChI is InChI=1S/C13H19NOS/c1-14-7-12(13(15)8-14)10-16-9-11-5-3-2-4-6-11/h2-6,12-13,15H,7-10H2,1H3/t12-,13+/m0/s1. The first-order valence-corrected chi connectivity index (χ1v) is 6.89. The summed E-state index contributed by atoms with van der Waals surface area (Å²) in [6, 6.07) is 10.5. The number of nitrogens with zero attached hydrogens (tertiary/aromatic N) is 1. The molecule has 0 unspecified atom stereocenters. The van der Waals surface area contributed by atoms with E-state index in [4.69, 9.17) is 0 Å². The summed E-state index contributed by atoms with van der Waals surface area (Å²) in [6.07, 6.45) is -0.131. The average molecular weight is 237 g/mol. The van der Waals surface area contributed by atoms with E-state index >= 15 is 0 Å². The number of hydrogen-bond donors (Lipinski definition) is 1. The molecule has 1 aliphatic heterocycles. The summed E-state index contributed by atoms with van der Waals surface area (Å²) in [5.41, 5.74) is 1.37. The molecule has 1 aromatic carbocycles. The lowest BCUT2D eigenvalue weighted by Gasteiger charge is -2.12. The molecule has 0 amide bonds. The zero-order chi connectivity index (χ0) is 11.4. The molecular formula is C13H19NOS. The van der Waals surface area contributed by atoms with Gasteiger partial charge in [-0.05, 0) is 12.6 Å². The maximum absolute atomic E-state index is 9.80. The van der Waals surface area contributed by atoms with Crippen LogP contribution in [0.2, 0.25) is 0 Å². The van der Waals surface area contributed by atoms with Crippen molar-refractivity contribution in [3.63, 3.8) is 0 Å². The largest absolute Gasteiger partial charge is 0.391 e. The van der Waals surface area contributed by atoms with Crippen molar-refractivity contribution >= 4 is 11.8 Å². The Balaban J connectivity index is 1.72. The van der Waals surface area contributed by atoms with Gasteiger partial charge in [-0.3, -0.25) is 0 Å². The highest BCUT2D eigenvalue weighted by Crippen LogP contribution is 2.22. The molecule has 2 atom stereocenters. The minimum atomic E-state index is -0.131. The van der Waals surface area contributed by atoms with Crippen LogP contribution in [0, 0.1) is 5.92 Å². The van der Waals surface area contributed by atoms with E-state index in [1.807, 2.05) is 17.8 Å². The van der Waals surface area contributed by atoms with Crippen LogP contribution in [0.1, 0.15) is 5.56 Å². The summed E-state index contributed by atoms with van der Waals surface area (Å²) in [4.78, 5) is 2.21. The number of benzene rings is 1. The molecule has 1 aromatic rings. The fourth-order valence-corrected chi connectivity index (χ4v) is 3.31. The first-order valence-electron chi connectivity index (χ1n) is 5.74. The van der Waals surface area contributed by atoms with Crippen molar-refractivity contribution in [2.75, 3.05) is 25.9 Å². The Morgan fingerprint density at radius 3 is 2.69 bits per heavy atom. The second-order valence-electron chi connectivity index (χ2n) is 4.55. The summed E-state index contributed by atoms with van der Waals surface area (Å²) in [5.74, 6) is 2.55. The van der Waals surface area contributed by atoms with Crippen LogP contribution < -0.4 is 0 Å². The zero-order valence-electron chi connectivity index (χ0n) is 9.67. The van der Waals surface area contributed by atoms with Crippen LogP contribution in [-0.4, -0.2) is 42.0 Å². The van der Waals surface area contributed by atoms with Gasteiger partial charge in [0.15, 0.2) is 0 Å². The Hall–Kier alpha value is -0.510. The van der Waals surface area contributed by atoms with Crippen molar-refractivity contribution in [2.45, 2.75) is 11.9 Å². The molecule has 2 nitrogen and oxygen atoms in total. The van der Waals surface area contributed by atoms with Gasteiger partial charge in [0.25, 0.3) is 0 Å². The number of likely N-dealkylation sites (tertiary alicyclic amines) is 1. The van der Waals surface area contributed by atoms with E-state index in [-0.39, 0.29) is 6.10 Å². The summed E-state index contributed by atoms with van der Waals surface area (Å²) >= 11 is 1.92. The van der Waals surface area contributed by atoms with Crippen molar-refractivity contribution in [1.82, 2.24) is 4.90 Å². The first-order chi connectivity index (χ1) is 7.75. The minimum Gasteiger partial charge on any atom is -0.391 e. The Morgan fingerprint density at radius 2 is 2.06 bits per heavy atom. The first kappa shape index (κ1) is 12.0. The molecule has 0 saturated carbocycles. The summed E-state index contributed by atoms with van der Waals surface area (Å²) < 4.78 is 0. The van der Waals surface area contributed by atoms with Crippen LogP contribution in [0.5, 0.6) is 0 Å². The Labute approximate surface area is 102 Å². The molecule has 0 aromatic heterocycles. The van der Waals surface area contributed by atoms with Gasteiger partial charge in [-0.25, -0.2) is 0 Å². The topological polar surface area (TPSA) is 23.5 Å². The van der Waals surface area contributed by atoms with Crippen LogP contribution in [-0.2, 0) is 5.75 Å². The van der Waals surface area contributed by atoms with Gasteiger partial charge >= 0.3 is 0 Å². The van der Waals surface area contributed by atoms with E-state index in [0.717, 1.165) is 24.6 Å². The zero-order valence-corrected chi connectivity index (χ0v) is 10.5. The Kier molecular flexibility index (Phi) is 4.27. The van der Waals surface area contributed by atoms with Gasteiger partial charge in [-0.1, -0.05) is 30.3 Å². The van der Waals surface area contributed by atoms with Crippen molar-refractivity contribution < 1.29 is 5.11 Å². The van der Waals surface area contributed by atoms with Gasteiger partial charge in [0.1, 0.15) is 0 Å². The second kappa shape index (κ2) is 5.71. The maximum atomic E-state index is 9.80. The van der Waals surface area contributed by atoms with Crippen LogP contribution in [0.15, 0.2) is 30.3 Å². The predicted molar refractivity (Wildman–Crippen MR) is 69.6 cm³/mol. The number of β-amino-alcohol motifs (C(OH)–C–C–N with tert-alkyl or cyclic N) is 1. The van der Waals surface area contributed by atoms with Gasteiger partial charge in [0.05, 0.1) is 6.10 Å². The molecule has 0 aliphatic carbocycles. The van der Waals surface area contributed by atoms with E-state index in [1.54, 1.807) is 0 Å². The summed E-state index contributed by atoms with van der Waals surface area (Å²) in [5, 5.41) is 9.80. The number of aliphatic hydroxyl groups is 1. The lowest BCUT2D eigenvalue weighted by Crippen LogP contribution is -2.19. The number of hydrogen-bond acceptors (Lipinski definition) is 3. The Bertz CT molecular complexity index is 317. The number of rotatable bonds is 4. The van der Waals surface area contributed by atoms with Crippen LogP contribution >= 0.6 is 11.8 Å². The highest BCUT2D eigenvalue weighted by atomic mass is 32.2. The highest BCUT2D eigenvalue weighted by molar-refractivity contribution is 7.98. The van der Waals surface area contributed by atoms with Gasteiger partial charge < -0.3 is 10.0 Å². The van der Waals surface area contributed by atoms with E-state index in [2.05, 4.69) is 36.2 Å². The van der Waals surface area contributed by atoms with Crippen molar-refractivity contribution in [1.29, 1.82) is 0 Å². The SMILES string of the molecule is CN1C[C@@H](CSCc2ccccc2)[C@H](O)C1. The van der Waals surface area contributed by atoms with E-state index < -0.39 is 0 Å². The lowest BCUT2D eigenvalue weighted by molar-refractivity contribution is 0.152. The van der Waals surface area contributed by atoms with Gasteiger partial charge in [-0.15, -0.1) is 0 Å². The monoisotopic (exact) mass is 237 g/mol. The van der Waals surface area contributed by atoms with Gasteiger partial charge in [-0.2, -0.15) is 11.8 Å². The molecule has 0 radical (unpaired) electrons. The fourth-order valence-electron chi connectivity index (χ4n) is 2.13. The van der Waals surface area contributed by atoms with Crippen LogP contribution in [0.3, 0.4) is 0 Å². The van der Waals surface area contributed by atoms with Crippen molar-refractivity contribution in [2.24, 2.45) is 5.92 Å². The maximum Gasteiger partial charge on any atom is 0.0715 e. The fraction of sp³-hybridized carbons (Fsp3) is 0.538. The molecule has 1 heterocycles.